The van der Waals surface area contributed by atoms with Gasteiger partial charge in [0.2, 0.25) is 0 Å². The Labute approximate surface area is 122 Å². The molecule has 0 N–H and O–H groups in total. The van der Waals surface area contributed by atoms with E-state index in [1.165, 1.54) is 12.1 Å². The van der Waals surface area contributed by atoms with Crippen molar-refractivity contribution in [2.75, 3.05) is 6.61 Å². The molecule has 0 saturated carbocycles. The highest BCUT2D eigenvalue weighted by Crippen LogP contribution is 2.43. The lowest BCUT2D eigenvalue weighted by atomic mass is 9.91. The van der Waals surface area contributed by atoms with Gasteiger partial charge in [-0.25, -0.2) is 4.39 Å². The average Bonchev–Trinajstić information content (AvgIpc) is 2.48. The largest absolute Gasteiger partial charge is 0.484 e. The predicted molar refractivity (Wildman–Crippen MR) is 76.5 cm³/mol. The fourth-order valence-electron chi connectivity index (χ4n) is 2.58. The fourth-order valence-corrected chi connectivity index (χ4v) is 2.58. The van der Waals surface area contributed by atoms with Crippen molar-refractivity contribution in [2.24, 2.45) is 0 Å². The van der Waals surface area contributed by atoms with Crippen LogP contribution in [-0.2, 0) is 9.53 Å². The number of rotatable bonds is 3. The van der Waals surface area contributed by atoms with Gasteiger partial charge in [0.1, 0.15) is 17.7 Å². The molecule has 0 bridgehead atoms. The molecule has 2 aromatic rings. The molecule has 1 unspecified atom stereocenters. The van der Waals surface area contributed by atoms with E-state index in [4.69, 9.17) is 9.47 Å². The molecule has 0 saturated heterocycles. The van der Waals surface area contributed by atoms with Crippen LogP contribution in [0, 0.1) is 5.82 Å². The number of carbonyl (C=O) groups excluding carboxylic acids is 1. The van der Waals surface area contributed by atoms with E-state index in [1.54, 1.807) is 13.0 Å². The Kier molecular flexibility index (Phi) is 3.60. The Balaban J connectivity index is 2.00. The molecule has 3 nitrogen and oxygen atoms in total. The highest BCUT2D eigenvalue weighted by atomic mass is 19.1. The lowest BCUT2D eigenvalue weighted by Gasteiger charge is -2.28. The van der Waals surface area contributed by atoms with E-state index >= 15 is 0 Å². The van der Waals surface area contributed by atoms with E-state index in [2.05, 4.69) is 0 Å². The average molecular weight is 286 g/mol. The molecule has 4 heteroatoms. The third-order valence-electron chi connectivity index (χ3n) is 3.47. The second kappa shape index (κ2) is 5.56. The molecule has 1 aliphatic heterocycles. The maximum Gasteiger partial charge on any atom is 0.309 e. The Hall–Kier alpha value is -2.36. The van der Waals surface area contributed by atoms with Crippen LogP contribution in [0.1, 0.15) is 25.0 Å². The smallest absolute Gasteiger partial charge is 0.309 e. The first-order valence-corrected chi connectivity index (χ1v) is 6.90. The van der Waals surface area contributed by atoms with Crippen molar-refractivity contribution >= 4 is 5.97 Å². The van der Waals surface area contributed by atoms with E-state index in [0.717, 1.165) is 11.1 Å². The molecule has 1 atom stereocenters. The number of halogens is 1. The van der Waals surface area contributed by atoms with Gasteiger partial charge < -0.3 is 9.47 Å². The quantitative estimate of drug-likeness (QED) is 0.803. The van der Waals surface area contributed by atoms with Crippen molar-refractivity contribution in [3.05, 3.63) is 53.8 Å². The summed E-state index contributed by atoms with van der Waals surface area (Å²) < 4.78 is 24.3. The summed E-state index contributed by atoms with van der Waals surface area (Å²) in [5.74, 6) is -0.0248. The van der Waals surface area contributed by atoms with Gasteiger partial charge in [-0.2, -0.15) is 0 Å². The first kappa shape index (κ1) is 13.6. The zero-order valence-electron chi connectivity index (χ0n) is 11.6. The molecular formula is C17H15FO3. The number of ether oxygens (including phenoxy) is 2. The van der Waals surface area contributed by atoms with Crippen molar-refractivity contribution in [1.82, 2.24) is 0 Å². The van der Waals surface area contributed by atoms with Crippen molar-refractivity contribution < 1.29 is 18.7 Å². The number of hydrogen-bond donors (Lipinski definition) is 0. The van der Waals surface area contributed by atoms with Gasteiger partial charge in [0.05, 0.1) is 13.0 Å². The number of carbonyl (C=O) groups is 1. The summed E-state index contributed by atoms with van der Waals surface area (Å²) in [6.45, 7) is 2.11. The minimum absolute atomic E-state index is 0.141. The molecule has 0 aliphatic carbocycles. The molecule has 2 aromatic carbocycles. The minimum Gasteiger partial charge on any atom is -0.484 e. The van der Waals surface area contributed by atoms with Gasteiger partial charge in [-0.1, -0.05) is 24.3 Å². The van der Waals surface area contributed by atoms with Gasteiger partial charge in [-0.15, -0.1) is 0 Å². The molecule has 108 valence electrons. The van der Waals surface area contributed by atoms with Crippen LogP contribution in [0.15, 0.2) is 42.5 Å². The standard InChI is InChI=1S/C17H15FO3/c1-2-20-17(19)10-16-13-6-4-3-5-12(13)14-9-11(18)7-8-15(14)21-16/h3-9,16H,2,10H2,1H3. The third-order valence-corrected chi connectivity index (χ3v) is 3.47. The minimum atomic E-state index is -0.404. The Morgan fingerprint density at radius 1 is 1.24 bits per heavy atom. The summed E-state index contributed by atoms with van der Waals surface area (Å²) in [5.41, 5.74) is 2.49. The van der Waals surface area contributed by atoms with Gasteiger partial charge in [0, 0.05) is 11.1 Å². The maximum absolute atomic E-state index is 13.5. The van der Waals surface area contributed by atoms with Crippen LogP contribution in [0.25, 0.3) is 11.1 Å². The molecule has 21 heavy (non-hydrogen) atoms. The lowest BCUT2D eigenvalue weighted by molar-refractivity contribution is -0.145. The van der Waals surface area contributed by atoms with E-state index < -0.39 is 6.10 Å². The maximum atomic E-state index is 13.5. The van der Waals surface area contributed by atoms with E-state index in [-0.39, 0.29) is 18.2 Å². The van der Waals surface area contributed by atoms with Crippen molar-refractivity contribution in [3.8, 4) is 16.9 Å². The van der Waals surface area contributed by atoms with E-state index in [1.807, 2.05) is 24.3 Å². The van der Waals surface area contributed by atoms with Crippen LogP contribution in [0.4, 0.5) is 4.39 Å². The molecular weight excluding hydrogens is 271 g/mol. The topological polar surface area (TPSA) is 35.5 Å². The van der Waals surface area contributed by atoms with Crippen LogP contribution < -0.4 is 4.74 Å². The number of esters is 1. The van der Waals surface area contributed by atoms with Crippen LogP contribution in [0.3, 0.4) is 0 Å². The Morgan fingerprint density at radius 3 is 2.86 bits per heavy atom. The molecule has 0 aromatic heterocycles. The third kappa shape index (κ3) is 2.61. The van der Waals surface area contributed by atoms with Gasteiger partial charge in [-0.05, 0) is 30.7 Å². The lowest BCUT2D eigenvalue weighted by Crippen LogP contribution is -2.19. The van der Waals surface area contributed by atoms with Crippen molar-refractivity contribution in [1.29, 1.82) is 0 Å². The summed E-state index contributed by atoms with van der Waals surface area (Å²) in [6.07, 6.45) is -0.264. The second-order valence-corrected chi connectivity index (χ2v) is 4.84. The summed E-state index contributed by atoms with van der Waals surface area (Å²) >= 11 is 0. The summed E-state index contributed by atoms with van der Waals surface area (Å²) in [5, 5.41) is 0. The highest BCUT2D eigenvalue weighted by Gasteiger charge is 2.28. The van der Waals surface area contributed by atoms with Gasteiger partial charge in [0.15, 0.2) is 0 Å². The molecule has 3 rings (SSSR count). The first-order chi connectivity index (χ1) is 10.2. The van der Waals surface area contributed by atoms with Crippen LogP contribution in [-0.4, -0.2) is 12.6 Å². The number of benzene rings is 2. The molecule has 1 heterocycles. The van der Waals surface area contributed by atoms with E-state index in [9.17, 15) is 9.18 Å². The highest BCUT2D eigenvalue weighted by molar-refractivity contribution is 5.78. The second-order valence-electron chi connectivity index (χ2n) is 4.84. The van der Waals surface area contributed by atoms with Gasteiger partial charge >= 0.3 is 5.97 Å². The fraction of sp³-hybridized carbons (Fsp3) is 0.235. The SMILES string of the molecule is CCOC(=O)CC1Oc2ccc(F)cc2-c2ccccc21. The first-order valence-electron chi connectivity index (χ1n) is 6.90. The molecule has 0 fully saturated rings. The zero-order valence-corrected chi connectivity index (χ0v) is 11.6. The number of hydrogen-bond acceptors (Lipinski definition) is 3. The van der Waals surface area contributed by atoms with E-state index in [0.29, 0.717) is 17.9 Å². The summed E-state index contributed by atoms with van der Waals surface area (Å²) in [4.78, 5) is 11.7. The van der Waals surface area contributed by atoms with Crippen molar-refractivity contribution in [3.63, 3.8) is 0 Å². The molecule has 0 spiro atoms. The zero-order chi connectivity index (χ0) is 14.8. The Bertz CT molecular complexity index is 681. The predicted octanol–water partition coefficient (Wildman–Crippen LogP) is 3.88. The molecule has 0 amide bonds. The summed E-state index contributed by atoms with van der Waals surface area (Å²) in [7, 11) is 0. The van der Waals surface area contributed by atoms with Crippen LogP contribution in [0.2, 0.25) is 0 Å². The molecule has 0 radical (unpaired) electrons. The summed E-state index contributed by atoms with van der Waals surface area (Å²) in [6, 6.07) is 12.0. The number of fused-ring (bicyclic) bond motifs is 3. The molecule has 1 aliphatic rings. The van der Waals surface area contributed by atoms with Gasteiger partial charge in [-0.3, -0.25) is 4.79 Å². The van der Waals surface area contributed by atoms with Crippen LogP contribution in [0.5, 0.6) is 5.75 Å². The Morgan fingerprint density at radius 2 is 2.05 bits per heavy atom. The normalized spacial score (nSPS) is 15.6. The monoisotopic (exact) mass is 286 g/mol. The van der Waals surface area contributed by atoms with Gasteiger partial charge in [0.25, 0.3) is 0 Å². The van der Waals surface area contributed by atoms with Crippen molar-refractivity contribution in [2.45, 2.75) is 19.4 Å². The van der Waals surface area contributed by atoms with Crippen LogP contribution >= 0.6 is 0 Å².